The van der Waals surface area contributed by atoms with Gasteiger partial charge in [-0.25, -0.2) is 14.0 Å². The van der Waals surface area contributed by atoms with Gasteiger partial charge in [0, 0.05) is 25.7 Å². The smallest absolute Gasteiger partial charge is 0.410 e. The molecular weight excluding hydrogens is 355 g/mol. The highest BCUT2D eigenvalue weighted by Crippen LogP contribution is 2.37. The van der Waals surface area contributed by atoms with Gasteiger partial charge < -0.3 is 24.0 Å². The fraction of sp³-hybridized carbons (Fsp3) is 0.579. The molecule has 27 heavy (non-hydrogen) atoms. The van der Waals surface area contributed by atoms with E-state index in [-0.39, 0.29) is 24.3 Å². The third kappa shape index (κ3) is 4.09. The number of amides is 1. The Hall–Kier alpha value is -2.51. The minimum Gasteiger partial charge on any atom is -0.489 e. The van der Waals surface area contributed by atoms with Crippen molar-refractivity contribution in [3.63, 3.8) is 0 Å². The Balaban J connectivity index is 1.76. The Morgan fingerprint density at radius 2 is 2.04 bits per heavy atom. The van der Waals surface area contributed by atoms with Crippen molar-refractivity contribution in [2.75, 3.05) is 37.7 Å². The zero-order valence-corrected chi connectivity index (χ0v) is 16.1. The van der Waals surface area contributed by atoms with Gasteiger partial charge in [-0.15, -0.1) is 0 Å². The van der Waals surface area contributed by atoms with E-state index in [0.29, 0.717) is 37.7 Å². The van der Waals surface area contributed by atoms with Crippen LogP contribution < -0.4 is 9.64 Å². The van der Waals surface area contributed by atoms with Crippen molar-refractivity contribution < 1.29 is 28.2 Å². The number of esters is 1. The number of carbonyl (C=O) groups excluding carboxylic acids is 2. The number of hydrogen-bond acceptors (Lipinski definition) is 6. The lowest BCUT2D eigenvalue weighted by Crippen LogP contribution is -2.59. The Morgan fingerprint density at radius 3 is 2.70 bits per heavy atom. The van der Waals surface area contributed by atoms with Crippen molar-refractivity contribution in [1.29, 1.82) is 0 Å². The third-order valence-corrected chi connectivity index (χ3v) is 4.42. The molecule has 1 atom stereocenters. The number of anilines is 1. The second-order valence-corrected chi connectivity index (χ2v) is 7.60. The first-order chi connectivity index (χ1) is 12.7. The lowest BCUT2D eigenvalue weighted by atomic mass is 10.1. The number of nitrogens with zero attached hydrogens (tertiary/aromatic N) is 2. The van der Waals surface area contributed by atoms with Gasteiger partial charge in [-0.2, -0.15) is 0 Å². The van der Waals surface area contributed by atoms with Gasteiger partial charge in [0.05, 0.1) is 23.9 Å². The van der Waals surface area contributed by atoms with E-state index in [0.717, 1.165) is 0 Å². The average Bonchev–Trinajstić information content (AvgIpc) is 2.59. The first-order valence-electron chi connectivity index (χ1n) is 9.07. The predicted molar refractivity (Wildman–Crippen MR) is 96.8 cm³/mol. The zero-order valence-electron chi connectivity index (χ0n) is 16.1. The molecular formula is C19H25FN2O5. The largest absolute Gasteiger partial charge is 0.489 e. The normalized spacial score (nSPS) is 18.9. The van der Waals surface area contributed by atoms with E-state index in [9.17, 15) is 14.0 Å². The number of benzene rings is 1. The molecule has 2 heterocycles. The van der Waals surface area contributed by atoms with E-state index in [1.165, 1.54) is 12.1 Å². The molecule has 148 valence electrons. The van der Waals surface area contributed by atoms with Crippen molar-refractivity contribution in [1.82, 2.24) is 4.90 Å². The number of piperazine rings is 1. The second-order valence-electron chi connectivity index (χ2n) is 7.60. The molecule has 0 radical (unpaired) electrons. The first kappa shape index (κ1) is 19.3. The molecule has 2 aliphatic heterocycles. The zero-order chi connectivity index (χ0) is 19.8. The van der Waals surface area contributed by atoms with Crippen LogP contribution in [0.1, 0.15) is 38.1 Å². The van der Waals surface area contributed by atoms with Crippen LogP contribution in [0.4, 0.5) is 14.9 Å². The summed E-state index contributed by atoms with van der Waals surface area (Å²) in [5, 5.41) is 0. The minimum absolute atomic E-state index is 0.105. The van der Waals surface area contributed by atoms with Crippen LogP contribution in [0.15, 0.2) is 12.1 Å². The van der Waals surface area contributed by atoms with Gasteiger partial charge in [-0.1, -0.05) is 0 Å². The molecule has 0 saturated carbocycles. The van der Waals surface area contributed by atoms with Crippen LogP contribution in [0.25, 0.3) is 0 Å². The fourth-order valence-electron chi connectivity index (χ4n) is 3.24. The average molecular weight is 380 g/mol. The molecule has 1 unspecified atom stereocenters. The van der Waals surface area contributed by atoms with Crippen LogP contribution in [-0.4, -0.2) is 61.5 Å². The number of fused-ring (bicyclic) bond motifs is 3. The van der Waals surface area contributed by atoms with E-state index in [4.69, 9.17) is 14.2 Å². The summed E-state index contributed by atoms with van der Waals surface area (Å²) in [5.74, 6) is -0.911. The molecule has 0 N–H and O–H groups in total. The number of ether oxygens (including phenoxy) is 3. The van der Waals surface area contributed by atoms with E-state index < -0.39 is 17.4 Å². The summed E-state index contributed by atoms with van der Waals surface area (Å²) >= 11 is 0. The van der Waals surface area contributed by atoms with Crippen LogP contribution >= 0.6 is 0 Å². The van der Waals surface area contributed by atoms with Crippen LogP contribution in [-0.2, 0) is 9.47 Å². The summed E-state index contributed by atoms with van der Waals surface area (Å²) in [4.78, 5) is 27.8. The van der Waals surface area contributed by atoms with Crippen LogP contribution in [0.2, 0.25) is 0 Å². The molecule has 0 aromatic heterocycles. The number of halogens is 1. The SMILES string of the molecule is CCOC(=O)c1cc2c(cc1F)N1CCN(C(=O)OC(C)(C)C)CC1CO2. The fourth-order valence-corrected chi connectivity index (χ4v) is 3.24. The first-order valence-corrected chi connectivity index (χ1v) is 9.07. The number of rotatable bonds is 2. The van der Waals surface area contributed by atoms with Gasteiger partial charge in [-0.05, 0) is 33.8 Å². The van der Waals surface area contributed by atoms with Gasteiger partial charge in [-0.3, -0.25) is 0 Å². The quantitative estimate of drug-likeness (QED) is 0.735. The molecule has 1 aromatic rings. The summed E-state index contributed by atoms with van der Waals surface area (Å²) in [5.41, 5.74) is -0.113. The summed E-state index contributed by atoms with van der Waals surface area (Å²) in [6, 6.07) is 2.59. The van der Waals surface area contributed by atoms with Gasteiger partial charge in [0.2, 0.25) is 0 Å². The molecule has 1 amide bonds. The van der Waals surface area contributed by atoms with Gasteiger partial charge in [0.25, 0.3) is 0 Å². The van der Waals surface area contributed by atoms with Crippen molar-refractivity contribution in [2.24, 2.45) is 0 Å². The summed E-state index contributed by atoms with van der Waals surface area (Å²) in [6.45, 7) is 9.06. The van der Waals surface area contributed by atoms with E-state index in [1.54, 1.807) is 11.8 Å². The van der Waals surface area contributed by atoms with Crippen LogP contribution in [0.5, 0.6) is 5.75 Å². The Kier molecular flexibility index (Phi) is 5.17. The standard InChI is InChI=1S/C19H25FN2O5/c1-5-25-17(23)13-8-16-15(9-14(13)20)22-7-6-21(10-12(22)11-26-16)18(24)27-19(2,3)4/h8-9,12H,5-7,10-11H2,1-4H3. The third-order valence-electron chi connectivity index (χ3n) is 4.42. The van der Waals surface area contributed by atoms with Gasteiger partial charge in [0.1, 0.15) is 23.8 Å². The molecule has 2 aliphatic rings. The Morgan fingerprint density at radius 1 is 1.30 bits per heavy atom. The highest BCUT2D eigenvalue weighted by Gasteiger charge is 2.37. The molecule has 3 rings (SSSR count). The van der Waals surface area contributed by atoms with Crippen molar-refractivity contribution in [3.05, 3.63) is 23.5 Å². The highest BCUT2D eigenvalue weighted by molar-refractivity contribution is 5.91. The van der Waals surface area contributed by atoms with Crippen LogP contribution in [0, 0.1) is 5.82 Å². The van der Waals surface area contributed by atoms with E-state index in [2.05, 4.69) is 0 Å². The summed E-state index contributed by atoms with van der Waals surface area (Å²) < 4.78 is 30.5. The second kappa shape index (κ2) is 7.25. The number of hydrogen-bond donors (Lipinski definition) is 0. The topological polar surface area (TPSA) is 68.3 Å². The molecule has 1 aromatic carbocycles. The minimum atomic E-state index is -0.710. The van der Waals surface area contributed by atoms with E-state index in [1.807, 2.05) is 25.7 Å². The molecule has 0 aliphatic carbocycles. The van der Waals surface area contributed by atoms with Crippen molar-refractivity contribution >= 4 is 17.7 Å². The molecule has 0 bridgehead atoms. The van der Waals surface area contributed by atoms with Crippen molar-refractivity contribution in [3.8, 4) is 5.75 Å². The molecule has 8 heteroatoms. The summed E-state index contributed by atoms with van der Waals surface area (Å²) in [7, 11) is 0. The predicted octanol–water partition coefficient (Wildman–Crippen LogP) is 2.82. The Labute approximate surface area is 158 Å². The lowest BCUT2D eigenvalue weighted by molar-refractivity contribution is 0.0194. The van der Waals surface area contributed by atoms with Crippen molar-refractivity contribution in [2.45, 2.75) is 39.3 Å². The monoisotopic (exact) mass is 380 g/mol. The molecule has 7 nitrogen and oxygen atoms in total. The van der Waals surface area contributed by atoms with Gasteiger partial charge >= 0.3 is 12.1 Å². The molecule has 1 fully saturated rings. The number of carbonyl (C=O) groups is 2. The lowest BCUT2D eigenvalue weighted by Gasteiger charge is -2.45. The maximum absolute atomic E-state index is 14.4. The molecule has 0 spiro atoms. The Bertz CT molecular complexity index is 746. The van der Waals surface area contributed by atoms with E-state index >= 15 is 0 Å². The maximum atomic E-state index is 14.4. The molecule has 1 saturated heterocycles. The summed E-state index contributed by atoms with van der Waals surface area (Å²) in [6.07, 6.45) is -0.364. The maximum Gasteiger partial charge on any atom is 0.410 e. The van der Waals surface area contributed by atoms with Crippen LogP contribution in [0.3, 0.4) is 0 Å². The highest BCUT2D eigenvalue weighted by atomic mass is 19.1. The van der Waals surface area contributed by atoms with Gasteiger partial charge in [0.15, 0.2) is 0 Å².